The third kappa shape index (κ3) is 9.34. The number of aliphatic hydroxyl groups is 1. The minimum Gasteiger partial charge on any atom is -0.462 e. The Morgan fingerprint density at radius 3 is 2.06 bits per heavy atom. The normalized spacial score (nSPS) is 19.8. The molecule has 0 aliphatic carbocycles. The van der Waals surface area contributed by atoms with E-state index < -0.39 is 14.4 Å². The number of hydroxylamine groups is 2. The first-order valence-electron chi connectivity index (χ1n) is 11.4. The van der Waals surface area contributed by atoms with Gasteiger partial charge in [-0.2, -0.15) is 5.06 Å². The van der Waals surface area contributed by atoms with Gasteiger partial charge in [-0.15, -0.1) is 0 Å². The van der Waals surface area contributed by atoms with Crippen molar-refractivity contribution in [2.24, 2.45) is 0 Å². The predicted octanol–water partition coefficient (Wildman–Crippen LogP) is 2.50. The summed E-state index contributed by atoms with van der Waals surface area (Å²) in [5.74, 6) is -0.200. The van der Waals surface area contributed by atoms with Crippen molar-refractivity contribution in [1.82, 2.24) is 10.4 Å². The van der Waals surface area contributed by atoms with E-state index in [0.29, 0.717) is 31.9 Å². The third-order valence-corrected chi connectivity index (χ3v) is 8.51. The molecule has 190 valence electrons. The van der Waals surface area contributed by atoms with Gasteiger partial charge >= 0.3 is 14.8 Å². The maximum Gasteiger partial charge on any atom is 0.500 e. The zero-order valence-corrected chi connectivity index (χ0v) is 22.6. The first-order chi connectivity index (χ1) is 14.7. The van der Waals surface area contributed by atoms with Crippen LogP contribution in [0.25, 0.3) is 0 Å². The monoisotopic (exact) mass is 478 g/mol. The topological polar surface area (TPSA) is 98.7 Å². The van der Waals surface area contributed by atoms with Crippen LogP contribution in [0.15, 0.2) is 0 Å². The predicted molar refractivity (Wildman–Crippen MR) is 125 cm³/mol. The number of rotatable bonds is 14. The maximum absolute atomic E-state index is 12.4. The van der Waals surface area contributed by atoms with E-state index in [1.165, 1.54) is 0 Å². The smallest absolute Gasteiger partial charge is 0.462 e. The molecule has 0 spiro atoms. The number of esters is 1. The molecule has 1 heterocycles. The Balaban J connectivity index is 2.43. The van der Waals surface area contributed by atoms with E-state index in [4.69, 9.17) is 22.9 Å². The molecular weight excluding hydrogens is 432 g/mol. The summed E-state index contributed by atoms with van der Waals surface area (Å²) in [6.07, 6.45) is 2.31. The van der Waals surface area contributed by atoms with Crippen LogP contribution in [-0.4, -0.2) is 88.8 Å². The molecule has 1 rings (SSSR count). The summed E-state index contributed by atoms with van der Waals surface area (Å²) in [4.78, 5) is 18.4. The van der Waals surface area contributed by atoms with Crippen molar-refractivity contribution in [3.8, 4) is 0 Å². The van der Waals surface area contributed by atoms with E-state index in [1.807, 2.05) is 5.06 Å². The fraction of sp³-hybridized carbons (Fsp3) is 0.955. The highest BCUT2D eigenvalue weighted by atomic mass is 28.4. The van der Waals surface area contributed by atoms with Crippen LogP contribution in [-0.2, 0) is 27.6 Å². The second kappa shape index (κ2) is 12.2. The Morgan fingerprint density at radius 2 is 1.59 bits per heavy atom. The zero-order chi connectivity index (χ0) is 24.6. The van der Waals surface area contributed by atoms with Crippen LogP contribution < -0.4 is 5.32 Å². The fourth-order valence-corrected chi connectivity index (χ4v) is 6.10. The van der Waals surface area contributed by atoms with Crippen molar-refractivity contribution in [3.05, 3.63) is 0 Å². The van der Waals surface area contributed by atoms with Crippen LogP contribution in [0.1, 0.15) is 67.2 Å². The summed E-state index contributed by atoms with van der Waals surface area (Å²) in [5.41, 5.74) is -1.59. The number of carbonyl (C=O) groups is 1. The lowest BCUT2D eigenvalue weighted by atomic mass is 9.80. The first-order valence-corrected chi connectivity index (χ1v) is 13.3. The van der Waals surface area contributed by atoms with Gasteiger partial charge in [0, 0.05) is 57.8 Å². The van der Waals surface area contributed by atoms with Gasteiger partial charge in [-0.1, -0.05) is 0 Å². The molecule has 0 aromatic rings. The van der Waals surface area contributed by atoms with Crippen molar-refractivity contribution < 1.29 is 32.8 Å². The van der Waals surface area contributed by atoms with E-state index in [1.54, 1.807) is 35.2 Å². The van der Waals surface area contributed by atoms with Gasteiger partial charge in [0.2, 0.25) is 0 Å². The molecule has 0 aromatic carbocycles. The van der Waals surface area contributed by atoms with Gasteiger partial charge in [-0.05, 0) is 54.5 Å². The summed E-state index contributed by atoms with van der Waals surface area (Å²) in [6, 6.07) is 0.715. The molecule has 0 saturated carbocycles. The lowest BCUT2D eigenvalue weighted by molar-refractivity contribution is -0.306. The van der Waals surface area contributed by atoms with Crippen LogP contribution in [0.2, 0.25) is 6.04 Å². The highest BCUT2D eigenvalue weighted by Gasteiger charge is 2.48. The van der Waals surface area contributed by atoms with Crippen LogP contribution in [0, 0.1) is 0 Å². The number of ether oxygens (including phenoxy) is 1. The van der Waals surface area contributed by atoms with Crippen LogP contribution in [0.5, 0.6) is 0 Å². The Morgan fingerprint density at radius 1 is 1.06 bits per heavy atom. The highest BCUT2D eigenvalue weighted by Crippen LogP contribution is 2.40. The zero-order valence-electron chi connectivity index (χ0n) is 21.6. The molecular formula is C22H46N2O7Si. The van der Waals surface area contributed by atoms with Gasteiger partial charge in [0.25, 0.3) is 0 Å². The van der Waals surface area contributed by atoms with Crippen molar-refractivity contribution in [1.29, 1.82) is 0 Å². The SMILES string of the molecule is CO[Si](CCCNCCC(=O)OC1CC(C)(C)N(OCC(C)(C)O)C(C)(C)C1)(OC)OC. The molecule has 2 N–H and O–H groups in total. The Kier molecular flexibility index (Phi) is 11.2. The maximum atomic E-state index is 12.4. The fourth-order valence-electron chi connectivity index (χ4n) is 4.37. The van der Waals surface area contributed by atoms with Crippen LogP contribution >= 0.6 is 0 Å². The van der Waals surface area contributed by atoms with Crippen LogP contribution in [0.3, 0.4) is 0 Å². The minimum absolute atomic E-state index is 0.175. The molecule has 1 aliphatic heterocycles. The summed E-state index contributed by atoms with van der Waals surface area (Å²) < 4.78 is 22.0. The molecule has 0 atom stereocenters. The van der Waals surface area contributed by atoms with Crippen molar-refractivity contribution in [3.63, 3.8) is 0 Å². The second-order valence-electron chi connectivity index (χ2n) is 10.4. The summed E-state index contributed by atoms with van der Waals surface area (Å²) in [7, 11) is 2.28. The molecule has 0 aromatic heterocycles. The van der Waals surface area contributed by atoms with Gasteiger partial charge in [0.1, 0.15) is 6.10 Å². The molecule has 1 saturated heterocycles. The largest absolute Gasteiger partial charge is 0.500 e. The molecule has 32 heavy (non-hydrogen) atoms. The number of nitrogens with one attached hydrogen (secondary N) is 1. The molecule has 1 fully saturated rings. The third-order valence-electron chi connectivity index (χ3n) is 5.67. The quantitative estimate of drug-likeness (QED) is 0.222. The van der Waals surface area contributed by atoms with Crippen molar-refractivity contribution in [2.75, 3.05) is 41.0 Å². The van der Waals surface area contributed by atoms with Gasteiger partial charge in [0.05, 0.1) is 18.6 Å². The standard InChI is InChI=1S/C22H46N2O7Si/c1-20(2)15-18(16-21(3,4)24(20)30-17-22(5,6)26)31-19(25)11-13-23-12-10-14-32(27-7,28-8)29-9/h18,23,26H,10-17H2,1-9H3. The number of hydrogen-bond acceptors (Lipinski definition) is 9. The lowest BCUT2D eigenvalue weighted by Crippen LogP contribution is -2.62. The summed E-state index contributed by atoms with van der Waals surface area (Å²) in [5, 5.41) is 15.3. The van der Waals surface area contributed by atoms with E-state index >= 15 is 0 Å². The Hall–Kier alpha value is -0.593. The van der Waals surface area contributed by atoms with Gasteiger partial charge in [0.15, 0.2) is 0 Å². The number of piperidine rings is 1. The second-order valence-corrected chi connectivity index (χ2v) is 13.5. The molecule has 1 aliphatic rings. The van der Waals surface area contributed by atoms with E-state index in [0.717, 1.165) is 13.0 Å². The average Bonchev–Trinajstić information content (AvgIpc) is 2.65. The summed E-state index contributed by atoms with van der Waals surface area (Å²) >= 11 is 0. The number of carbonyl (C=O) groups excluding carboxylic acids is 1. The molecule has 0 bridgehead atoms. The van der Waals surface area contributed by atoms with E-state index in [-0.39, 0.29) is 29.8 Å². The Labute approximate surface area is 195 Å². The number of nitrogens with zero attached hydrogens (tertiary/aromatic N) is 1. The molecule has 0 unspecified atom stereocenters. The highest BCUT2D eigenvalue weighted by molar-refractivity contribution is 6.60. The molecule has 0 amide bonds. The Bertz CT molecular complexity index is 551. The van der Waals surface area contributed by atoms with E-state index in [9.17, 15) is 9.90 Å². The number of hydrogen-bond donors (Lipinski definition) is 2. The first kappa shape index (κ1) is 29.4. The van der Waals surface area contributed by atoms with Gasteiger partial charge in [-0.25, -0.2) is 0 Å². The molecule has 0 radical (unpaired) electrons. The lowest BCUT2D eigenvalue weighted by Gasteiger charge is -2.53. The van der Waals surface area contributed by atoms with E-state index in [2.05, 4.69) is 33.0 Å². The van der Waals surface area contributed by atoms with Crippen molar-refractivity contribution in [2.45, 2.75) is 96.1 Å². The van der Waals surface area contributed by atoms with Crippen LogP contribution in [0.4, 0.5) is 0 Å². The molecule has 9 nitrogen and oxygen atoms in total. The van der Waals surface area contributed by atoms with Gasteiger partial charge < -0.3 is 28.4 Å². The average molecular weight is 479 g/mol. The minimum atomic E-state index is -2.54. The summed E-state index contributed by atoms with van der Waals surface area (Å²) in [6.45, 7) is 13.2. The molecule has 10 heteroatoms. The van der Waals surface area contributed by atoms with Gasteiger partial charge in [-0.3, -0.25) is 9.63 Å². The van der Waals surface area contributed by atoms with Crippen molar-refractivity contribution >= 4 is 14.8 Å².